The Bertz CT molecular complexity index is 810. The number of furan rings is 1. The number of halogens is 4. The van der Waals surface area contributed by atoms with Crippen molar-refractivity contribution in [1.29, 1.82) is 0 Å². The quantitative estimate of drug-likeness (QED) is 0.764. The predicted octanol–water partition coefficient (Wildman–Crippen LogP) is 3.04. The van der Waals surface area contributed by atoms with Crippen molar-refractivity contribution in [3.8, 4) is 0 Å². The second kappa shape index (κ2) is 6.81. The molecular weight excluding hydrogens is 356 g/mol. The molecule has 0 bridgehead atoms. The summed E-state index contributed by atoms with van der Waals surface area (Å²) < 4.78 is 57.6. The Hall–Kier alpha value is -2.84. The van der Waals surface area contributed by atoms with Crippen LogP contribution >= 0.6 is 0 Å². The topological polar surface area (TPSA) is 53.8 Å². The number of nitrogens with zero attached hydrogens (tertiary/aromatic N) is 2. The lowest BCUT2D eigenvalue weighted by Gasteiger charge is -2.34. The summed E-state index contributed by atoms with van der Waals surface area (Å²) in [6.07, 6.45) is -3.41. The van der Waals surface area contributed by atoms with Gasteiger partial charge in [0.15, 0.2) is 5.76 Å². The maximum absolute atomic E-state index is 13.4. The Kier molecular flexibility index (Phi) is 4.71. The van der Waals surface area contributed by atoms with Crippen molar-refractivity contribution >= 4 is 11.8 Å². The van der Waals surface area contributed by atoms with E-state index in [1.807, 2.05) is 0 Å². The molecule has 1 aliphatic heterocycles. The van der Waals surface area contributed by atoms with E-state index in [1.54, 1.807) is 6.07 Å². The normalized spacial score (nSPS) is 15.2. The summed E-state index contributed by atoms with van der Waals surface area (Å²) in [5, 5.41) is 0. The van der Waals surface area contributed by atoms with Crippen molar-refractivity contribution in [3.05, 3.63) is 59.3 Å². The van der Waals surface area contributed by atoms with E-state index in [9.17, 15) is 27.2 Å². The SMILES string of the molecule is O=C(c1ccco1)N1CCN(C(=O)c2cc(F)ccc2C(F)(F)F)CC1. The summed E-state index contributed by atoms with van der Waals surface area (Å²) in [7, 11) is 0. The summed E-state index contributed by atoms with van der Waals surface area (Å²) in [4.78, 5) is 27.2. The zero-order valence-electron chi connectivity index (χ0n) is 13.4. The Labute approximate surface area is 145 Å². The number of hydrogen-bond donors (Lipinski definition) is 0. The van der Waals surface area contributed by atoms with Gasteiger partial charge in [-0.2, -0.15) is 13.2 Å². The molecule has 9 heteroatoms. The minimum absolute atomic E-state index is 0.0408. The van der Waals surface area contributed by atoms with E-state index in [-0.39, 0.29) is 37.8 Å². The lowest BCUT2D eigenvalue weighted by atomic mass is 10.0. The van der Waals surface area contributed by atoms with Gasteiger partial charge >= 0.3 is 6.18 Å². The van der Waals surface area contributed by atoms with Crippen LogP contribution in [-0.2, 0) is 6.18 Å². The molecule has 0 unspecified atom stereocenters. The van der Waals surface area contributed by atoms with Gasteiger partial charge in [0.05, 0.1) is 17.4 Å². The fourth-order valence-electron chi connectivity index (χ4n) is 2.78. The molecule has 1 aromatic heterocycles. The van der Waals surface area contributed by atoms with E-state index in [0.29, 0.717) is 18.2 Å². The Morgan fingerprint density at radius 1 is 0.962 bits per heavy atom. The molecule has 0 spiro atoms. The summed E-state index contributed by atoms with van der Waals surface area (Å²) in [6, 6.07) is 4.88. The molecule has 1 aliphatic rings. The number of hydrogen-bond acceptors (Lipinski definition) is 3. The van der Waals surface area contributed by atoms with Crippen LogP contribution in [0.3, 0.4) is 0 Å². The number of carbonyl (C=O) groups is 2. The van der Waals surface area contributed by atoms with Crippen molar-refractivity contribution in [2.24, 2.45) is 0 Å². The van der Waals surface area contributed by atoms with Crippen LogP contribution in [0.25, 0.3) is 0 Å². The van der Waals surface area contributed by atoms with E-state index < -0.39 is 29.0 Å². The monoisotopic (exact) mass is 370 g/mol. The molecule has 0 aliphatic carbocycles. The van der Waals surface area contributed by atoms with Crippen LogP contribution in [0.5, 0.6) is 0 Å². The largest absolute Gasteiger partial charge is 0.459 e. The van der Waals surface area contributed by atoms with Crippen LogP contribution in [0.4, 0.5) is 17.6 Å². The van der Waals surface area contributed by atoms with Crippen LogP contribution < -0.4 is 0 Å². The zero-order chi connectivity index (χ0) is 18.9. The maximum atomic E-state index is 13.4. The second-order valence-electron chi connectivity index (χ2n) is 5.75. The molecule has 2 aromatic rings. The molecule has 138 valence electrons. The number of benzene rings is 1. The molecule has 5 nitrogen and oxygen atoms in total. The van der Waals surface area contributed by atoms with Crippen molar-refractivity contribution in [1.82, 2.24) is 9.80 Å². The highest BCUT2D eigenvalue weighted by Gasteiger charge is 2.37. The highest BCUT2D eigenvalue weighted by atomic mass is 19.4. The number of piperazine rings is 1. The molecule has 2 heterocycles. The smallest absolute Gasteiger partial charge is 0.417 e. The molecule has 1 fully saturated rings. The van der Waals surface area contributed by atoms with E-state index in [0.717, 1.165) is 0 Å². The number of rotatable bonds is 2. The Morgan fingerprint density at radius 2 is 1.58 bits per heavy atom. The van der Waals surface area contributed by atoms with Crippen LogP contribution in [0.15, 0.2) is 41.0 Å². The lowest BCUT2D eigenvalue weighted by Crippen LogP contribution is -2.50. The molecule has 1 aromatic carbocycles. The highest BCUT2D eigenvalue weighted by Crippen LogP contribution is 2.33. The first kappa shape index (κ1) is 18.0. The van der Waals surface area contributed by atoms with Gasteiger partial charge < -0.3 is 14.2 Å². The molecule has 0 N–H and O–H groups in total. The van der Waals surface area contributed by atoms with Crippen LogP contribution in [0, 0.1) is 5.82 Å². The minimum Gasteiger partial charge on any atom is -0.459 e. The number of alkyl halides is 3. The summed E-state index contributed by atoms with van der Waals surface area (Å²) in [6.45, 7) is 0.363. The average molecular weight is 370 g/mol. The van der Waals surface area contributed by atoms with Crippen LogP contribution in [-0.4, -0.2) is 47.8 Å². The van der Waals surface area contributed by atoms with Crippen molar-refractivity contribution in [2.75, 3.05) is 26.2 Å². The molecule has 0 saturated carbocycles. The van der Waals surface area contributed by atoms with E-state index in [4.69, 9.17) is 4.42 Å². The van der Waals surface area contributed by atoms with Gasteiger partial charge in [0.2, 0.25) is 0 Å². The number of carbonyl (C=O) groups excluding carboxylic acids is 2. The van der Waals surface area contributed by atoms with E-state index in [1.165, 1.54) is 22.1 Å². The summed E-state index contributed by atoms with van der Waals surface area (Å²) in [5.74, 6) is -2.05. The third-order valence-electron chi connectivity index (χ3n) is 4.10. The predicted molar refractivity (Wildman–Crippen MR) is 81.9 cm³/mol. The van der Waals surface area contributed by atoms with Gasteiger partial charge in [-0.1, -0.05) is 0 Å². The fraction of sp³-hybridized carbons (Fsp3) is 0.294. The van der Waals surface area contributed by atoms with E-state index >= 15 is 0 Å². The van der Waals surface area contributed by atoms with Crippen LogP contribution in [0.2, 0.25) is 0 Å². The Balaban J connectivity index is 1.73. The van der Waals surface area contributed by atoms with Gasteiger partial charge in [0.1, 0.15) is 5.82 Å². The second-order valence-corrected chi connectivity index (χ2v) is 5.75. The molecule has 0 radical (unpaired) electrons. The van der Waals surface area contributed by atoms with E-state index in [2.05, 4.69) is 0 Å². The van der Waals surface area contributed by atoms with Gasteiger partial charge in [-0.25, -0.2) is 4.39 Å². The minimum atomic E-state index is -4.77. The molecule has 1 saturated heterocycles. The van der Waals surface area contributed by atoms with Gasteiger partial charge in [0, 0.05) is 26.2 Å². The van der Waals surface area contributed by atoms with Crippen molar-refractivity contribution in [3.63, 3.8) is 0 Å². The summed E-state index contributed by atoms with van der Waals surface area (Å²) >= 11 is 0. The maximum Gasteiger partial charge on any atom is 0.417 e. The van der Waals surface area contributed by atoms with Gasteiger partial charge in [-0.05, 0) is 30.3 Å². The molecule has 2 amide bonds. The fourth-order valence-corrected chi connectivity index (χ4v) is 2.78. The number of amides is 2. The first-order valence-corrected chi connectivity index (χ1v) is 7.76. The average Bonchev–Trinajstić information content (AvgIpc) is 3.14. The van der Waals surface area contributed by atoms with Gasteiger partial charge in [-0.3, -0.25) is 9.59 Å². The first-order chi connectivity index (χ1) is 12.3. The summed E-state index contributed by atoms with van der Waals surface area (Å²) in [5.41, 5.74) is -1.92. The standard InChI is InChI=1S/C17H14F4N2O3/c18-11-3-4-13(17(19,20)21)12(10-11)15(24)22-5-7-23(8-6-22)16(25)14-2-1-9-26-14/h1-4,9-10H,5-8H2. The first-order valence-electron chi connectivity index (χ1n) is 7.76. The molecule has 0 atom stereocenters. The van der Waals surface area contributed by atoms with Crippen molar-refractivity contribution < 1.29 is 31.6 Å². The van der Waals surface area contributed by atoms with Crippen LogP contribution in [0.1, 0.15) is 26.5 Å². The zero-order valence-corrected chi connectivity index (χ0v) is 13.4. The molecular formula is C17H14F4N2O3. The highest BCUT2D eigenvalue weighted by molar-refractivity contribution is 5.96. The molecule has 3 rings (SSSR count). The third kappa shape index (κ3) is 3.56. The van der Waals surface area contributed by atoms with Gasteiger partial charge in [-0.15, -0.1) is 0 Å². The Morgan fingerprint density at radius 3 is 2.12 bits per heavy atom. The molecule has 26 heavy (non-hydrogen) atoms. The van der Waals surface area contributed by atoms with Crippen molar-refractivity contribution in [2.45, 2.75) is 6.18 Å². The van der Waals surface area contributed by atoms with Gasteiger partial charge in [0.25, 0.3) is 11.8 Å². The lowest BCUT2D eigenvalue weighted by molar-refractivity contribution is -0.138. The third-order valence-corrected chi connectivity index (χ3v) is 4.10.